The van der Waals surface area contributed by atoms with E-state index in [2.05, 4.69) is 102 Å². The monoisotopic (exact) mass is 640 g/mol. The van der Waals surface area contributed by atoms with Crippen molar-refractivity contribution >= 4 is 43.7 Å². The van der Waals surface area contributed by atoms with Crippen LogP contribution >= 0.6 is 0 Å². The quantitative estimate of drug-likeness (QED) is 0.188. The summed E-state index contributed by atoms with van der Waals surface area (Å²) >= 11 is 0. The topological polar surface area (TPSA) is 56.7 Å². The van der Waals surface area contributed by atoms with E-state index in [4.69, 9.17) is 19.4 Å². The lowest BCUT2D eigenvalue weighted by Crippen LogP contribution is -2.00. The number of hydrogen-bond acceptors (Lipinski definition) is 4. The van der Waals surface area contributed by atoms with E-state index in [1.807, 2.05) is 72.8 Å². The molecule has 0 unspecified atom stereocenters. The van der Waals surface area contributed by atoms with Crippen LogP contribution in [0.3, 0.4) is 0 Å². The van der Waals surface area contributed by atoms with Gasteiger partial charge in [-0.2, -0.15) is 0 Å². The van der Waals surface area contributed by atoms with Crippen LogP contribution in [0.4, 0.5) is 0 Å². The minimum absolute atomic E-state index is 0.618. The van der Waals surface area contributed by atoms with E-state index >= 15 is 0 Å². The van der Waals surface area contributed by atoms with E-state index in [9.17, 15) is 0 Å². The van der Waals surface area contributed by atoms with Crippen LogP contribution in [0.5, 0.6) is 0 Å². The van der Waals surface area contributed by atoms with Crippen LogP contribution in [0, 0.1) is 0 Å². The standard InChI is InChI=1S/C45H28N4O/c1-3-14-29(15-4-1)43-46-44(30-16-5-2-6-17-30)48-45(47-43)32-19-13-18-31(26-32)36-27-37-35-22-9-12-25-41(35)50-42(37)28-40(36)49-38-23-10-7-20-33(38)34-21-8-11-24-39(34)49/h1-28H. The van der Waals surface area contributed by atoms with Crippen LogP contribution in [0.2, 0.25) is 0 Å². The van der Waals surface area contributed by atoms with Gasteiger partial charge in [0.05, 0.1) is 16.7 Å². The Morgan fingerprint density at radius 2 is 0.860 bits per heavy atom. The summed E-state index contributed by atoms with van der Waals surface area (Å²) in [6, 6.07) is 58.6. The maximum Gasteiger partial charge on any atom is 0.164 e. The summed E-state index contributed by atoms with van der Waals surface area (Å²) in [7, 11) is 0. The Morgan fingerprint density at radius 3 is 1.50 bits per heavy atom. The molecule has 5 nitrogen and oxygen atoms in total. The number of hydrogen-bond donors (Lipinski definition) is 0. The molecule has 234 valence electrons. The molecule has 0 aliphatic heterocycles. The summed E-state index contributed by atoms with van der Waals surface area (Å²) in [6.07, 6.45) is 0. The Balaban J connectivity index is 1.23. The molecule has 10 rings (SSSR count). The Morgan fingerprint density at radius 1 is 0.360 bits per heavy atom. The van der Waals surface area contributed by atoms with Crippen molar-refractivity contribution < 1.29 is 4.42 Å². The predicted octanol–water partition coefficient (Wildman–Crippen LogP) is 11.5. The third kappa shape index (κ3) is 4.60. The maximum absolute atomic E-state index is 6.47. The van der Waals surface area contributed by atoms with Crippen LogP contribution in [0.15, 0.2) is 174 Å². The summed E-state index contributed by atoms with van der Waals surface area (Å²) in [5.74, 6) is 1.89. The highest BCUT2D eigenvalue weighted by Gasteiger charge is 2.20. The molecular weight excluding hydrogens is 613 g/mol. The van der Waals surface area contributed by atoms with Crippen molar-refractivity contribution in [1.29, 1.82) is 0 Å². The van der Waals surface area contributed by atoms with Crippen molar-refractivity contribution in [3.63, 3.8) is 0 Å². The first-order valence-electron chi connectivity index (χ1n) is 16.7. The van der Waals surface area contributed by atoms with Crippen LogP contribution < -0.4 is 0 Å². The lowest BCUT2D eigenvalue weighted by Gasteiger charge is -2.15. The van der Waals surface area contributed by atoms with Crippen molar-refractivity contribution in [3.8, 4) is 51.0 Å². The number of furan rings is 1. The lowest BCUT2D eigenvalue weighted by molar-refractivity contribution is 0.668. The summed E-state index contributed by atoms with van der Waals surface area (Å²) in [6.45, 7) is 0. The zero-order valence-electron chi connectivity index (χ0n) is 26.9. The first-order chi connectivity index (χ1) is 24.8. The molecule has 5 heteroatoms. The lowest BCUT2D eigenvalue weighted by atomic mass is 9.98. The van der Waals surface area contributed by atoms with Gasteiger partial charge in [-0.15, -0.1) is 0 Å². The number of benzene rings is 7. The minimum Gasteiger partial charge on any atom is -0.456 e. The second-order valence-electron chi connectivity index (χ2n) is 12.5. The van der Waals surface area contributed by atoms with Gasteiger partial charge in [0, 0.05) is 49.9 Å². The normalized spacial score (nSPS) is 11.6. The van der Waals surface area contributed by atoms with Crippen LogP contribution in [-0.2, 0) is 0 Å². The highest BCUT2D eigenvalue weighted by molar-refractivity contribution is 6.12. The second kappa shape index (κ2) is 11.4. The van der Waals surface area contributed by atoms with Crippen molar-refractivity contribution in [1.82, 2.24) is 19.5 Å². The van der Waals surface area contributed by atoms with Crippen LogP contribution in [-0.4, -0.2) is 19.5 Å². The average molecular weight is 641 g/mol. The highest BCUT2D eigenvalue weighted by Crippen LogP contribution is 2.41. The van der Waals surface area contributed by atoms with Gasteiger partial charge in [0.15, 0.2) is 17.5 Å². The third-order valence-corrected chi connectivity index (χ3v) is 9.45. The molecule has 10 aromatic rings. The van der Waals surface area contributed by atoms with Gasteiger partial charge in [0.25, 0.3) is 0 Å². The second-order valence-corrected chi connectivity index (χ2v) is 12.5. The van der Waals surface area contributed by atoms with Crippen molar-refractivity contribution in [3.05, 3.63) is 170 Å². The number of rotatable bonds is 5. The molecule has 3 aromatic heterocycles. The van der Waals surface area contributed by atoms with E-state index < -0.39 is 0 Å². The average Bonchev–Trinajstić information content (AvgIpc) is 3.73. The molecule has 0 bridgehead atoms. The fourth-order valence-electron chi connectivity index (χ4n) is 7.12. The summed E-state index contributed by atoms with van der Waals surface area (Å²) in [5, 5.41) is 4.58. The van der Waals surface area contributed by atoms with Gasteiger partial charge < -0.3 is 8.98 Å². The smallest absolute Gasteiger partial charge is 0.164 e. The minimum atomic E-state index is 0.618. The molecule has 0 aliphatic carbocycles. The summed E-state index contributed by atoms with van der Waals surface area (Å²) in [4.78, 5) is 15.0. The molecule has 0 radical (unpaired) electrons. The van der Waals surface area contributed by atoms with Gasteiger partial charge in [-0.25, -0.2) is 15.0 Å². The van der Waals surface area contributed by atoms with Gasteiger partial charge >= 0.3 is 0 Å². The summed E-state index contributed by atoms with van der Waals surface area (Å²) in [5.41, 5.74) is 9.95. The van der Waals surface area contributed by atoms with E-state index in [1.165, 1.54) is 10.8 Å². The molecule has 3 heterocycles. The first-order valence-corrected chi connectivity index (χ1v) is 16.7. The molecule has 0 N–H and O–H groups in total. The number of nitrogens with zero attached hydrogens (tertiary/aromatic N) is 4. The number of para-hydroxylation sites is 3. The Labute approximate surface area is 287 Å². The first kappa shape index (κ1) is 28.2. The van der Waals surface area contributed by atoms with E-state index in [0.29, 0.717) is 17.5 Å². The van der Waals surface area contributed by atoms with Crippen LogP contribution in [0.1, 0.15) is 0 Å². The van der Waals surface area contributed by atoms with Gasteiger partial charge in [-0.05, 0) is 35.9 Å². The molecule has 0 saturated carbocycles. The Kier molecular flexibility index (Phi) is 6.42. The van der Waals surface area contributed by atoms with E-state index in [1.54, 1.807) is 0 Å². The SMILES string of the molecule is c1ccc(-c2nc(-c3ccccc3)nc(-c3cccc(-c4cc5c(cc4-n4c6ccccc6c6ccccc64)oc4ccccc45)c3)n2)cc1. The van der Waals surface area contributed by atoms with E-state index in [-0.39, 0.29) is 0 Å². The van der Waals surface area contributed by atoms with Crippen molar-refractivity contribution in [2.75, 3.05) is 0 Å². The Bertz CT molecular complexity index is 2760. The molecule has 0 aliphatic rings. The zero-order chi connectivity index (χ0) is 33.0. The fourth-order valence-corrected chi connectivity index (χ4v) is 7.12. The molecule has 0 fully saturated rings. The number of aromatic nitrogens is 4. The van der Waals surface area contributed by atoms with Gasteiger partial charge in [-0.3, -0.25) is 0 Å². The van der Waals surface area contributed by atoms with E-state index in [0.717, 1.165) is 66.5 Å². The molecule has 50 heavy (non-hydrogen) atoms. The molecule has 7 aromatic carbocycles. The predicted molar refractivity (Wildman–Crippen MR) is 203 cm³/mol. The van der Waals surface area contributed by atoms with Gasteiger partial charge in [0.1, 0.15) is 11.2 Å². The zero-order valence-corrected chi connectivity index (χ0v) is 26.9. The highest BCUT2D eigenvalue weighted by atomic mass is 16.3. The van der Waals surface area contributed by atoms with Crippen molar-refractivity contribution in [2.45, 2.75) is 0 Å². The van der Waals surface area contributed by atoms with Crippen molar-refractivity contribution in [2.24, 2.45) is 0 Å². The largest absolute Gasteiger partial charge is 0.456 e. The van der Waals surface area contributed by atoms with Gasteiger partial charge in [-0.1, -0.05) is 133 Å². The third-order valence-electron chi connectivity index (χ3n) is 9.45. The number of fused-ring (bicyclic) bond motifs is 6. The molecular formula is C45H28N4O. The summed E-state index contributed by atoms with van der Waals surface area (Å²) < 4.78 is 8.83. The van der Waals surface area contributed by atoms with Gasteiger partial charge in [0.2, 0.25) is 0 Å². The van der Waals surface area contributed by atoms with Crippen LogP contribution in [0.25, 0.3) is 94.7 Å². The fraction of sp³-hybridized carbons (Fsp3) is 0. The molecule has 0 spiro atoms. The Hall–Kier alpha value is -6.85. The maximum atomic E-state index is 6.47. The molecule has 0 atom stereocenters. The molecule has 0 saturated heterocycles. The molecule has 0 amide bonds.